The minimum atomic E-state index is -0.646. The lowest BCUT2D eigenvalue weighted by Crippen LogP contribution is -2.40. The van der Waals surface area contributed by atoms with Crippen LogP contribution >= 0.6 is 0 Å². The Labute approximate surface area is 515 Å². The average Bonchev–Trinajstić information content (AvgIpc) is 1.69. The molecule has 0 aliphatic carbocycles. The first-order valence-corrected chi connectivity index (χ1v) is 30.8. The van der Waals surface area contributed by atoms with E-state index < -0.39 is 29.5 Å². The van der Waals surface area contributed by atoms with E-state index in [9.17, 15) is 33.6 Å². The number of rotatable bonds is 29. The molecule has 0 bridgehead atoms. The Bertz CT molecular complexity index is 3440. The molecule has 89 heavy (non-hydrogen) atoms. The van der Waals surface area contributed by atoms with E-state index in [-0.39, 0.29) is 87.5 Å². The van der Waals surface area contributed by atoms with E-state index in [4.69, 9.17) is 34.8 Å². The van der Waals surface area contributed by atoms with Crippen LogP contribution in [0.5, 0.6) is 0 Å². The Kier molecular flexibility index (Phi) is 23.0. The Morgan fingerprint density at radius 2 is 1.35 bits per heavy atom. The molecule has 26 heteroatoms. The summed E-state index contributed by atoms with van der Waals surface area (Å²) in [5.74, 6) is -1.94. The Hall–Kier alpha value is -8.62. The highest BCUT2D eigenvalue weighted by Crippen LogP contribution is 2.40. The predicted octanol–water partition coefficient (Wildman–Crippen LogP) is 4.98. The number of piperidine rings is 3. The highest BCUT2D eigenvalue weighted by molar-refractivity contribution is 6.00. The third kappa shape index (κ3) is 17.8. The maximum Gasteiger partial charge on any atom is 0.325 e. The average molecular weight is 1230 g/mol. The standard InChI is InChI=1S/C63H81FN14O11/c1-41(2)89-58(84)39-68-54(80)38-67-55(81)40-78-50-9-7-8-47(48-35-51-45(34-49(48)64)36-70-74(51)3)59(50)60(73-78)44-18-26-76(27-19-44)56(82)15-14-53(79)66-21-29-87-31-33-88-32-30-86-28-20-57(83)77-24-16-43(17-25-77)42-10-12-46(13-11-42)71-63-61(62(65)85)69-37-52(72-63)75-22-5-4-6-23-75/h7-13,34-37,41,43-44H,4-6,14-33,38-40H2,1-3H3,(H2,65,85)(H,66,79)(H,67,81)(H,68,80)(H,71,72). The molecule has 3 aliphatic rings. The maximum atomic E-state index is 16.0. The topological polar surface area (TPSA) is 302 Å². The second kappa shape index (κ2) is 31.5. The molecule has 0 atom stereocenters. The van der Waals surface area contributed by atoms with Crippen LogP contribution < -0.4 is 31.9 Å². The molecule has 0 unspecified atom stereocenters. The molecule has 6 heterocycles. The van der Waals surface area contributed by atoms with Crippen LogP contribution in [0.3, 0.4) is 0 Å². The van der Waals surface area contributed by atoms with E-state index in [0.29, 0.717) is 117 Å². The van der Waals surface area contributed by atoms with Crippen molar-refractivity contribution in [3.63, 3.8) is 0 Å². The van der Waals surface area contributed by atoms with Gasteiger partial charge in [-0.05, 0) is 106 Å². The number of carbonyl (C=O) groups is 7. The summed E-state index contributed by atoms with van der Waals surface area (Å²) in [6, 6.07) is 16.7. The molecule has 9 rings (SSSR count). The van der Waals surface area contributed by atoms with Crippen molar-refractivity contribution in [1.29, 1.82) is 0 Å². The minimum absolute atomic E-state index is 0.00955. The number of likely N-dealkylation sites (tertiary alicyclic amines) is 2. The van der Waals surface area contributed by atoms with Gasteiger partial charge in [0.1, 0.15) is 24.7 Å². The van der Waals surface area contributed by atoms with Gasteiger partial charge in [0.05, 0.1) is 87.8 Å². The molecular weight excluding hydrogens is 1150 g/mol. The van der Waals surface area contributed by atoms with E-state index in [1.807, 2.05) is 23.1 Å². The highest BCUT2D eigenvalue weighted by atomic mass is 19.1. The summed E-state index contributed by atoms with van der Waals surface area (Å²) in [5.41, 5.74) is 10.6. The number of carbonyl (C=O) groups excluding carboxylic acids is 7. The Morgan fingerprint density at radius 3 is 2.04 bits per heavy atom. The van der Waals surface area contributed by atoms with E-state index in [1.165, 1.54) is 22.7 Å². The van der Waals surface area contributed by atoms with Crippen LogP contribution in [0, 0.1) is 5.82 Å². The third-order valence-electron chi connectivity index (χ3n) is 16.2. The summed E-state index contributed by atoms with van der Waals surface area (Å²) in [6.45, 7) is 8.46. The first-order valence-electron chi connectivity index (χ1n) is 30.8. The third-order valence-corrected chi connectivity index (χ3v) is 16.2. The predicted molar refractivity (Wildman–Crippen MR) is 329 cm³/mol. The highest BCUT2D eigenvalue weighted by Gasteiger charge is 2.31. The number of aryl methyl sites for hydroxylation is 1. The molecule has 3 aromatic carbocycles. The number of nitrogens with two attached hydrogens (primary N) is 1. The zero-order valence-electron chi connectivity index (χ0n) is 50.9. The fourth-order valence-corrected chi connectivity index (χ4v) is 11.5. The molecule has 25 nitrogen and oxygen atoms in total. The van der Waals surface area contributed by atoms with Crippen molar-refractivity contribution in [2.24, 2.45) is 12.8 Å². The van der Waals surface area contributed by atoms with Gasteiger partial charge in [-0.2, -0.15) is 10.2 Å². The van der Waals surface area contributed by atoms with Gasteiger partial charge in [0.2, 0.25) is 29.5 Å². The van der Waals surface area contributed by atoms with Gasteiger partial charge in [0, 0.05) is 93.6 Å². The molecule has 3 aromatic heterocycles. The number of esters is 1. The molecule has 0 spiro atoms. The van der Waals surface area contributed by atoms with Crippen LogP contribution in [0.1, 0.15) is 112 Å². The van der Waals surface area contributed by atoms with Gasteiger partial charge >= 0.3 is 5.97 Å². The molecule has 0 radical (unpaired) electrons. The van der Waals surface area contributed by atoms with E-state index in [1.54, 1.807) is 61.1 Å². The molecule has 6 aromatic rings. The summed E-state index contributed by atoms with van der Waals surface area (Å²) in [7, 11) is 1.78. The van der Waals surface area contributed by atoms with Crippen LogP contribution in [0.4, 0.5) is 21.7 Å². The van der Waals surface area contributed by atoms with Gasteiger partial charge in [-0.1, -0.05) is 24.3 Å². The second-order valence-corrected chi connectivity index (χ2v) is 22.8. The molecule has 3 fully saturated rings. The summed E-state index contributed by atoms with van der Waals surface area (Å²) < 4.78 is 41.1. The van der Waals surface area contributed by atoms with Crippen LogP contribution in [0.2, 0.25) is 0 Å². The maximum absolute atomic E-state index is 16.0. The molecule has 0 saturated carbocycles. The van der Waals surface area contributed by atoms with Crippen LogP contribution in [-0.2, 0) is 61.3 Å². The molecule has 3 saturated heterocycles. The summed E-state index contributed by atoms with van der Waals surface area (Å²) in [5, 5.41) is 21.6. The molecule has 6 amide bonds. The van der Waals surface area contributed by atoms with E-state index in [0.717, 1.165) is 55.8 Å². The monoisotopic (exact) mass is 1230 g/mol. The van der Waals surface area contributed by atoms with Gasteiger partial charge in [0.15, 0.2) is 11.5 Å². The quantitative estimate of drug-likeness (QED) is 0.0305. The first-order chi connectivity index (χ1) is 43.1. The van der Waals surface area contributed by atoms with Crippen molar-refractivity contribution < 1.29 is 56.9 Å². The van der Waals surface area contributed by atoms with Crippen molar-refractivity contribution >= 4 is 80.5 Å². The van der Waals surface area contributed by atoms with Crippen molar-refractivity contribution in [1.82, 2.24) is 55.3 Å². The second-order valence-electron chi connectivity index (χ2n) is 22.8. The van der Waals surface area contributed by atoms with Crippen molar-refractivity contribution in [3.05, 3.63) is 89.8 Å². The smallest absolute Gasteiger partial charge is 0.325 e. The number of nitrogens with zero attached hydrogens (tertiary/aromatic N) is 9. The lowest BCUT2D eigenvalue weighted by Gasteiger charge is -2.32. The number of anilines is 3. The number of hydrogen-bond donors (Lipinski definition) is 5. The van der Waals surface area contributed by atoms with E-state index in [2.05, 4.69) is 48.4 Å². The lowest BCUT2D eigenvalue weighted by atomic mass is 9.88. The molecular formula is C63H81FN14O11. The fraction of sp³-hybridized carbons (Fsp3) is 0.508. The molecule has 476 valence electrons. The number of benzene rings is 3. The number of primary amides is 1. The van der Waals surface area contributed by atoms with Crippen LogP contribution in [-0.4, -0.2) is 185 Å². The normalized spacial score (nSPS) is 15.0. The van der Waals surface area contributed by atoms with Crippen molar-refractivity contribution in [3.8, 4) is 11.1 Å². The number of aromatic nitrogens is 6. The zero-order chi connectivity index (χ0) is 62.8. The number of ether oxygens (including phenoxy) is 4. The zero-order valence-corrected chi connectivity index (χ0v) is 50.9. The van der Waals surface area contributed by atoms with Gasteiger partial charge in [-0.15, -0.1) is 0 Å². The SMILES string of the molecule is CC(C)OC(=O)CNC(=O)CNC(=O)Cn1nc(C2CCN(C(=O)CCC(=O)NCCOCCOCCOCCC(=O)N3CCC(c4ccc(Nc5nc(N6CCCCC6)cnc5C(N)=O)cc4)CC3)CC2)c2c(-c3cc4c(cnn4C)cc3F)cccc21. The summed E-state index contributed by atoms with van der Waals surface area (Å²) in [6.07, 6.45) is 9.31. The number of fused-ring (bicyclic) bond motifs is 2. The van der Waals surface area contributed by atoms with Gasteiger partial charge in [-0.25, -0.2) is 14.4 Å². The minimum Gasteiger partial charge on any atom is -0.462 e. The summed E-state index contributed by atoms with van der Waals surface area (Å²) in [4.78, 5) is 104. The molecule has 3 aliphatic heterocycles. The van der Waals surface area contributed by atoms with Crippen molar-refractivity contribution in [2.75, 3.05) is 109 Å². The van der Waals surface area contributed by atoms with Crippen molar-refractivity contribution in [2.45, 2.75) is 103 Å². The number of hydrogen-bond acceptors (Lipinski definition) is 17. The fourth-order valence-electron chi connectivity index (χ4n) is 11.5. The van der Waals surface area contributed by atoms with Crippen LogP contribution in [0.25, 0.3) is 32.9 Å². The number of halogens is 1. The van der Waals surface area contributed by atoms with E-state index >= 15 is 4.39 Å². The number of amides is 6. The Morgan fingerprint density at radius 1 is 0.685 bits per heavy atom. The largest absolute Gasteiger partial charge is 0.462 e. The summed E-state index contributed by atoms with van der Waals surface area (Å²) >= 11 is 0. The Balaban J connectivity index is 0.630. The van der Waals surface area contributed by atoms with Gasteiger partial charge in [0.25, 0.3) is 5.91 Å². The first kappa shape index (κ1) is 64.8. The van der Waals surface area contributed by atoms with Gasteiger partial charge in [-0.3, -0.25) is 42.9 Å². The van der Waals surface area contributed by atoms with Crippen LogP contribution in [0.15, 0.2) is 67.0 Å². The lowest BCUT2D eigenvalue weighted by molar-refractivity contribution is -0.147. The van der Waals surface area contributed by atoms with Gasteiger partial charge < -0.3 is 60.6 Å². The molecule has 6 N–H and O–H groups in total. The number of nitrogens with one attached hydrogen (secondary N) is 4.